The Morgan fingerprint density at radius 3 is 1.87 bits per heavy atom. The van der Waals surface area contributed by atoms with Gasteiger partial charge in [-0.25, -0.2) is 19.9 Å². The molecule has 4 aromatic heterocycles. The van der Waals surface area contributed by atoms with Gasteiger partial charge in [-0.3, -0.25) is 0 Å². The Bertz CT molecular complexity index is 3150. The van der Waals surface area contributed by atoms with E-state index >= 15 is 0 Å². The molecule has 4 heterocycles. The minimum atomic E-state index is 0.512. The molecule has 53 heavy (non-hydrogen) atoms. The number of rotatable bonds is 5. The van der Waals surface area contributed by atoms with Gasteiger partial charge in [-0.2, -0.15) is 0 Å². The fraction of sp³-hybridized carbons (Fsp3) is 0. The number of thiophene rings is 1. The molecule has 0 aliphatic rings. The van der Waals surface area contributed by atoms with E-state index in [0.29, 0.717) is 28.9 Å². The van der Waals surface area contributed by atoms with Crippen LogP contribution in [0.3, 0.4) is 0 Å². The highest BCUT2D eigenvalue weighted by Crippen LogP contribution is 2.42. The topological polar surface area (TPSA) is 77.8 Å². The summed E-state index contributed by atoms with van der Waals surface area (Å²) in [5.74, 6) is 2.27. The van der Waals surface area contributed by atoms with E-state index in [1.165, 1.54) is 25.7 Å². The van der Waals surface area contributed by atoms with Crippen LogP contribution in [0.2, 0.25) is 0 Å². The maximum Gasteiger partial charge on any atom is 0.231 e. The van der Waals surface area contributed by atoms with E-state index in [4.69, 9.17) is 28.8 Å². The van der Waals surface area contributed by atoms with Crippen LogP contribution in [-0.4, -0.2) is 19.9 Å². The molecule has 248 valence electrons. The number of aromatic nitrogens is 4. The van der Waals surface area contributed by atoms with Crippen molar-refractivity contribution in [2.24, 2.45) is 0 Å². The van der Waals surface area contributed by atoms with Crippen molar-refractivity contribution in [1.29, 1.82) is 0 Å². The lowest BCUT2D eigenvalue weighted by molar-refractivity contribution is 0.615. The first-order valence-corrected chi connectivity index (χ1v) is 18.2. The Balaban J connectivity index is 1.06. The van der Waals surface area contributed by atoms with Crippen molar-refractivity contribution in [3.63, 3.8) is 0 Å². The van der Waals surface area contributed by atoms with E-state index in [1.54, 1.807) is 0 Å². The van der Waals surface area contributed by atoms with Crippen molar-refractivity contribution in [3.05, 3.63) is 158 Å². The van der Waals surface area contributed by atoms with Crippen LogP contribution in [-0.2, 0) is 0 Å². The zero-order valence-electron chi connectivity index (χ0n) is 28.0. The lowest BCUT2D eigenvalue weighted by Gasteiger charge is -2.10. The summed E-state index contributed by atoms with van der Waals surface area (Å²) in [6, 6.07) is 53.6. The molecule has 0 aliphatic carbocycles. The number of furan rings is 1. The minimum Gasteiger partial charge on any atom is -0.455 e. The van der Waals surface area contributed by atoms with Crippen molar-refractivity contribution in [2.75, 3.05) is 0 Å². The van der Waals surface area contributed by atoms with Crippen molar-refractivity contribution in [1.82, 2.24) is 19.9 Å². The van der Waals surface area contributed by atoms with Gasteiger partial charge in [0, 0.05) is 47.6 Å². The summed E-state index contributed by atoms with van der Waals surface area (Å²) in [7, 11) is 0. The molecular weight excluding hydrogens is 673 g/mol. The average molecular weight is 699 g/mol. The summed E-state index contributed by atoms with van der Waals surface area (Å²) in [5, 5.41) is 4.42. The maximum atomic E-state index is 6.56. The van der Waals surface area contributed by atoms with Crippen LogP contribution >= 0.6 is 11.3 Å². The molecule has 11 rings (SSSR count). The quantitative estimate of drug-likeness (QED) is 0.178. The first-order valence-electron chi connectivity index (χ1n) is 17.4. The van der Waals surface area contributed by atoms with Gasteiger partial charge in [-0.05, 0) is 41.5 Å². The van der Waals surface area contributed by atoms with Gasteiger partial charge in [0.15, 0.2) is 23.1 Å². The predicted octanol–water partition coefficient (Wildman–Crippen LogP) is 12.6. The normalized spacial score (nSPS) is 11.8. The summed E-state index contributed by atoms with van der Waals surface area (Å²) in [6.07, 6.45) is 0. The van der Waals surface area contributed by atoms with E-state index in [9.17, 15) is 0 Å². The van der Waals surface area contributed by atoms with Gasteiger partial charge in [0.2, 0.25) is 5.89 Å². The first-order chi connectivity index (χ1) is 26.2. The molecule has 0 fully saturated rings. The SMILES string of the molecule is c1ccc(-c2nc(-c3ccc(-c4cccc5c4sc4ccccc45)cc3)nc(-c3cccc4oc5c(-c6nc7ccccc7o6)cccc5c34)n2)cc1. The van der Waals surface area contributed by atoms with Gasteiger partial charge in [-0.1, -0.05) is 127 Å². The third-order valence-electron chi connectivity index (χ3n) is 9.81. The highest BCUT2D eigenvalue weighted by atomic mass is 32.1. The molecule has 0 saturated heterocycles. The lowest BCUT2D eigenvalue weighted by atomic mass is 10.0. The van der Waals surface area contributed by atoms with E-state index in [0.717, 1.165) is 55.3 Å². The van der Waals surface area contributed by atoms with E-state index in [1.807, 2.05) is 96.3 Å². The molecule has 0 aliphatic heterocycles. The third kappa shape index (κ3) is 4.86. The first kappa shape index (κ1) is 29.7. The molecule has 7 heteroatoms. The van der Waals surface area contributed by atoms with Crippen LogP contribution in [0.4, 0.5) is 0 Å². The molecule has 0 bridgehead atoms. The van der Waals surface area contributed by atoms with Gasteiger partial charge in [-0.15, -0.1) is 11.3 Å². The highest BCUT2D eigenvalue weighted by molar-refractivity contribution is 7.26. The van der Waals surface area contributed by atoms with Crippen molar-refractivity contribution in [3.8, 4) is 56.7 Å². The monoisotopic (exact) mass is 698 g/mol. The van der Waals surface area contributed by atoms with Gasteiger partial charge < -0.3 is 8.83 Å². The van der Waals surface area contributed by atoms with Gasteiger partial charge in [0.1, 0.15) is 16.7 Å². The summed E-state index contributed by atoms with van der Waals surface area (Å²) in [6.45, 7) is 0. The molecule has 11 aromatic rings. The number of nitrogens with zero attached hydrogens (tertiary/aromatic N) is 4. The second kappa shape index (κ2) is 11.8. The molecule has 0 saturated carbocycles. The average Bonchev–Trinajstić information content (AvgIpc) is 3.94. The van der Waals surface area contributed by atoms with Gasteiger partial charge in [0.25, 0.3) is 0 Å². The number of fused-ring (bicyclic) bond motifs is 7. The maximum absolute atomic E-state index is 6.56. The fourth-order valence-corrected chi connectivity index (χ4v) is 8.54. The van der Waals surface area contributed by atoms with Gasteiger partial charge in [0.05, 0.1) is 5.56 Å². The minimum absolute atomic E-state index is 0.512. The number of para-hydroxylation sites is 3. The van der Waals surface area contributed by atoms with Crippen molar-refractivity contribution in [2.45, 2.75) is 0 Å². The Labute approximate surface area is 306 Å². The number of oxazole rings is 1. The number of hydrogen-bond donors (Lipinski definition) is 0. The molecule has 0 spiro atoms. The molecule has 6 nitrogen and oxygen atoms in total. The van der Waals surface area contributed by atoms with Crippen LogP contribution in [0.25, 0.3) is 110 Å². The van der Waals surface area contributed by atoms with Gasteiger partial charge >= 0.3 is 0 Å². The molecular formula is C46H26N4O2S. The molecule has 7 aromatic carbocycles. The zero-order valence-corrected chi connectivity index (χ0v) is 28.8. The molecule has 0 N–H and O–H groups in total. The van der Waals surface area contributed by atoms with E-state index in [2.05, 4.69) is 72.8 Å². The summed E-state index contributed by atoms with van der Waals surface area (Å²) in [5.41, 5.74) is 8.76. The standard InChI is InChI=1S/C46H26N4O2S/c1-2-11-28(12-3-1)43-48-44(29-25-23-27(24-26-29)30-14-8-15-32-31-13-4-7-22-39(31)53-42(30)32)50-45(49-43)34-17-10-21-38-40(34)33-16-9-18-35(41(33)51-38)46-47-36-19-5-6-20-37(36)52-46/h1-26H. The van der Waals surface area contributed by atoms with Crippen LogP contribution in [0.1, 0.15) is 0 Å². The van der Waals surface area contributed by atoms with Crippen molar-refractivity contribution < 1.29 is 8.83 Å². The fourth-order valence-electron chi connectivity index (χ4n) is 7.31. The molecule has 0 atom stereocenters. The summed E-state index contributed by atoms with van der Waals surface area (Å²) >= 11 is 1.84. The lowest BCUT2D eigenvalue weighted by Crippen LogP contribution is -2.00. The Morgan fingerprint density at radius 2 is 1.02 bits per heavy atom. The Hall–Kier alpha value is -6.96. The Morgan fingerprint density at radius 1 is 0.396 bits per heavy atom. The highest BCUT2D eigenvalue weighted by Gasteiger charge is 2.21. The second-order valence-electron chi connectivity index (χ2n) is 13.0. The molecule has 0 amide bonds. The second-order valence-corrected chi connectivity index (χ2v) is 14.0. The summed E-state index contributed by atoms with van der Waals surface area (Å²) in [4.78, 5) is 20.0. The van der Waals surface area contributed by atoms with Crippen LogP contribution < -0.4 is 0 Å². The van der Waals surface area contributed by atoms with E-state index in [-0.39, 0.29) is 0 Å². The Kier molecular flexibility index (Phi) is 6.62. The summed E-state index contributed by atoms with van der Waals surface area (Å²) < 4.78 is 15.3. The number of hydrogen-bond acceptors (Lipinski definition) is 7. The third-order valence-corrected chi connectivity index (χ3v) is 11.0. The zero-order chi connectivity index (χ0) is 34.9. The van der Waals surface area contributed by atoms with Crippen LogP contribution in [0, 0.1) is 0 Å². The largest absolute Gasteiger partial charge is 0.455 e. The smallest absolute Gasteiger partial charge is 0.231 e. The molecule has 0 unspecified atom stereocenters. The van der Waals surface area contributed by atoms with Crippen LogP contribution in [0.15, 0.2) is 167 Å². The molecule has 0 radical (unpaired) electrons. The number of benzene rings is 7. The van der Waals surface area contributed by atoms with Crippen molar-refractivity contribution >= 4 is 64.5 Å². The van der Waals surface area contributed by atoms with Crippen LogP contribution in [0.5, 0.6) is 0 Å². The predicted molar refractivity (Wildman–Crippen MR) is 215 cm³/mol. The van der Waals surface area contributed by atoms with E-state index < -0.39 is 0 Å².